The third kappa shape index (κ3) is 3.90. The highest BCUT2D eigenvalue weighted by molar-refractivity contribution is 6.01. The van der Waals surface area contributed by atoms with Crippen molar-refractivity contribution in [3.63, 3.8) is 0 Å². The van der Waals surface area contributed by atoms with E-state index in [-0.39, 0.29) is 24.4 Å². The molecule has 7 nitrogen and oxygen atoms in total. The van der Waals surface area contributed by atoms with Crippen LogP contribution in [-0.4, -0.2) is 33.7 Å². The highest BCUT2D eigenvalue weighted by Gasteiger charge is 2.10. The standard InChI is InChI=1S/C22H22N4O3/c1-29-14-13-25-11-9-16-19(7-4-8-20(16)25)24-21(27)10-12-26-15-23-18-6-3-2-5-17(18)22(26)28/h2-9,11,15H,10,12-14H2,1H3,(H,24,27). The summed E-state index contributed by atoms with van der Waals surface area (Å²) in [4.78, 5) is 29.3. The van der Waals surface area contributed by atoms with Gasteiger partial charge in [0.15, 0.2) is 0 Å². The molecule has 0 aliphatic rings. The van der Waals surface area contributed by atoms with Gasteiger partial charge >= 0.3 is 0 Å². The molecule has 29 heavy (non-hydrogen) atoms. The summed E-state index contributed by atoms with van der Waals surface area (Å²) in [5.74, 6) is -0.151. The Morgan fingerprint density at radius 1 is 1.03 bits per heavy atom. The SMILES string of the molecule is COCCn1ccc2c(NC(=O)CCn3cnc4ccccc4c3=O)cccc21. The molecule has 4 rings (SSSR count). The first-order valence-corrected chi connectivity index (χ1v) is 9.48. The molecular formula is C22H22N4O3. The fourth-order valence-corrected chi connectivity index (χ4v) is 3.42. The number of fused-ring (bicyclic) bond motifs is 2. The maximum Gasteiger partial charge on any atom is 0.261 e. The highest BCUT2D eigenvalue weighted by Crippen LogP contribution is 2.24. The van der Waals surface area contributed by atoms with Crippen LogP contribution in [0.2, 0.25) is 0 Å². The monoisotopic (exact) mass is 390 g/mol. The van der Waals surface area contributed by atoms with E-state index in [1.807, 2.05) is 42.6 Å². The van der Waals surface area contributed by atoms with E-state index in [2.05, 4.69) is 14.9 Å². The number of hydrogen-bond acceptors (Lipinski definition) is 4. The summed E-state index contributed by atoms with van der Waals surface area (Å²) >= 11 is 0. The van der Waals surface area contributed by atoms with Gasteiger partial charge in [-0.05, 0) is 30.3 Å². The second-order valence-electron chi connectivity index (χ2n) is 6.80. The van der Waals surface area contributed by atoms with Gasteiger partial charge in [-0.15, -0.1) is 0 Å². The summed E-state index contributed by atoms with van der Waals surface area (Å²) in [6, 6.07) is 15.0. The largest absolute Gasteiger partial charge is 0.383 e. The van der Waals surface area contributed by atoms with Crippen LogP contribution in [0.15, 0.2) is 65.8 Å². The van der Waals surface area contributed by atoms with Crippen molar-refractivity contribution in [1.29, 1.82) is 0 Å². The van der Waals surface area contributed by atoms with E-state index in [9.17, 15) is 9.59 Å². The smallest absolute Gasteiger partial charge is 0.261 e. The molecule has 0 aliphatic carbocycles. The van der Waals surface area contributed by atoms with Crippen LogP contribution in [0.5, 0.6) is 0 Å². The molecule has 4 aromatic rings. The molecule has 0 unspecified atom stereocenters. The zero-order valence-electron chi connectivity index (χ0n) is 16.2. The molecule has 1 N–H and O–H groups in total. The van der Waals surface area contributed by atoms with E-state index in [1.54, 1.807) is 19.2 Å². The Morgan fingerprint density at radius 3 is 2.76 bits per heavy atom. The summed E-state index contributed by atoms with van der Waals surface area (Å²) in [6.45, 7) is 1.64. The van der Waals surface area contributed by atoms with Crippen molar-refractivity contribution in [2.24, 2.45) is 0 Å². The number of para-hydroxylation sites is 1. The molecule has 0 saturated carbocycles. The molecule has 0 bridgehead atoms. The number of anilines is 1. The number of benzene rings is 2. The molecule has 2 aromatic carbocycles. The Bertz CT molecular complexity index is 1230. The van der Waals surface area contributed by atoms with E-state index in [0.29, 0.717) is 17.5 Å². The van der Waals surface area contributed by atoms with Crippen LogP contribution in [0.1, 0.15) is 6.42 Å². The van der Waals surface area contributed by atoms with E-state index in [0.717, 1.165) is 23.1 Å². The normalized spacial score (nSPS) is 11.2. The predicted molar refractivity (Wildman–Crippen MR) is 113 cm³/mol. The molecule has 0 fully saturated rings. The van der Waals surface area contributed by atoms with Gasteiger partial charge in [0.25, 0.3) is 5.56 Å². The lowest BCUT2D eigenvalue weighted by Gasteiger charge is -2.10. The number of carbonyl (C=O) groups is 1. The lowest BCUT2D eigenvalue weighted by molar-refractivity contribution is -0.116. The number of aromatic nitrogens is 3. The molecule has 148 valence electrons. The highest BCUT2D eigenvalue weighted by atomic mass is 16.5. The third-order valence-corrected chi connectivity index (χ3v) is 4.94. The summed E-state index contributed by atoms with van der Waals surface area (Å²) in [5.41, 5.74) is 2.31. The van der Waals surface area contributed by atoms with Crippen LogP contribution in [0.3, 0.4) is 0 Å². The second kappa shape index (κ2) is 8.28. The number of amides is 1. The minimum Gasteiger partial charge on any atom is -0.383 e. The van der Waals surface area contributed by atoms with Crippen LogP contribution >= 0.6 is 0 Å². The van der Waals surface area contributed by atoms with Gasteiger partial charge in [-0.3, -0.25) is 14.2 Å². The summed E-state index contributed by atoms with van der Waals surface area (Å²) in [5, 5.41) is 4.49. The van der Waals surface area contributed by atoms with E-state index >= 15 is 0 Å². The number of nitrogens with one attached hydrogen (secondary N) is 1. The first-order valence-electron chi connectivity index (χ1n) is 9.48. The van der Waals surface area contributed by atoms with Crippen molar-refractivity contribution in [3.8, 4) is 0 Å². The average molecular weight is 390 g/mol. The fourth-order valence-electron chi connectivity index (χ4n) is 3.42. The van der Waals surface area contributed by atoms with Gasteiger partial charge in [0.2, 0.25) is 5.91 Å². The minimum absolute atomic E-state index is 0.138. The Hall–Kier alpha value is -3.45. The van der Waals surface area contributed by atoms with Crippen molar-refractivity contribution >= 4 is 33.4 Å². The van der Waals surface area contributed by atoms with Crippen LogP contribution < -0.4 is 10.9 Å². The van der Waals surface area contributed by atoms with Gasteiger partial charge in [-0.25, -0.2) is 4.98 Å². The zero-order valence-corrected chi connectivity index (χ0v) is 16.2. The van der Waals surface area contributed by atoms with Crippen molar-refractivity contribution in [1.82, 2.24) is 14.1 Å². The quantitative estimate of drug-likeness (QED) is 0.526. The Labute approximate surface area is 167 Å². The van der Waals surface area contributed by atoms with Gasteiger partial charge in [-0.1, -0.05) is 18.2 Å². The minimum atomic E-state index is -0.151. The van der Waals surface area contributed by atoms with E-state index in [4.69, 9.17) is 4.74 Å². The molecule has 2 aromatic heterocycles. The number of rotatable bonds is 7. The Balaban J connectivity index is 1.47. The molecule has 7 heteroatoms. The van der Waals surface area contributed by atoms with Crippen LogP contribution in [0.25, 0.3) is 21.8 Å². The number of aryl methyl sites for hydroxylation is 1. The summed E-state index contributed by atoms with van der Waals surface area (Å²) in [6.07, 6.45) is 3.66. The topological polar surface area (TPSA) is 78.2 Å². The van der Waals surface area contributed by atoms with Gasteiger partial charge < -0.3 is 14.6 Å². The van der Waals surface area contributed by atoms with Crippen molar-refractivity contribution in [3.05, 3.63) is 71.4 Å². The molecule has 0 atom stereocenters. The molecular weight excluding hydrogens is 368 g/mol. The van der Waals surface area contributed by atoms with E-state index in [1.165, 1.54) is 10.9 Å². The number of methoxy groups -OCH3 is 1. The Morgan fingerprint density at radius 2 is 1.90 bits per heavy atom. The number of nitrogens with zero attached hydrogens (tertiary/aromatic N) is 3. The van der Waals surface area contributed by atoms with Crippen LogP contribution in [0, 0.1) is 0 Å². The molecule has 0 radical (unpaired) electrons. The summed E-state index contributed by atoms with van der Waals surface area (Å²) < 4.78 is 8.71. The number of ether oxygens (including phenoxy) is 1. The fraction of sp³-hybridized carbons (Fsp3) is 0.227. The van der Waals surface area contributed by atoms with Crippen molar-refractivity contribution < 1.29 is 9.53 Å². The number of hydrogen-bond donors (Lipinski definition) is 1. The van der Waals surface area contributed by atoms with E-state index < -0.39 is 0 Å². The third-order valence-electron chi connectivity index (χ3n) is 4.94. The molecule has 0 aliphatic heterocycles. The maximum absolute atomic E-state index is 12.5. The molecule has 0 saturated heterocycles. The first kappa shape index (κ1) is 18.9. The van der Waals surface area contributed by atoms with Gasteiger partial charge in [-0.2, -0.15) is 0 Å². The average Bonchev–Trinajstić information content (AvgIpc) is 3.16. The van der Waals surface area contributed by atoms with Crippen molar-refractivity contribution in [2.75, 3.05) is 19.0 Å². The van der Waals surface area contributed by atoms with Gasteiger partial charge in [0, 0.05) is 38.2 Å². The molecule has 2 heterocycles. The molecule has 1 amide bonds. The van der Waals surface area contributed by atoms with Crippen LogP contribution in [0.4, 0.5) is 5.69 Å². The Kier molecular flexibility index (Phi) is 5.39. The van der Waals surface area contributed by atoms with Gasteiger partial charge in [0.1, 0.15) is 0 Å². The molecule has 0 spiro atoms. The lowest BCUT2D eigenvalue weighted by Crippen LogP contribution is -2.23. The number of carbonyl (C=O) groups excluding carboxylic acids is 1. The predicted octanol–water partition coefficient (Wildman–Crippen LogP) is 3.03. The zero-order chi connectivity index (χ0) is 20.2. The van der Waals surface area contributed by atoms with Crippen LogP contribution in [-0.2, 0) is 22.6 Å². The van der Waals surface area contributed by atoms with Crippen molar-refractivity contribution in [2.45, 2.75) is 19.5 Å². The second-order valence-corrected chi connectivity index (χ2v) is 6.80. The lowest BCUT2D eigenvalue weighted by atomic mass is 10.2. The maximum atomic E-state index is 12.5. The first-order chi connectivity index (χ1) is 14.2. The summed E-state index contributed by atoms with van der Waals surface area (Å²) in [7, 11) is 1.67. The van der Waals surface area contributed by atoms with Gasteiger partial charge in [0.05, 0.1) is 35.0 Å².